The summed E-state index contributed by atoms with van der Waals surface area (Å²) in [5.74, 6) is -0.275. The zero-order valence-electron chi connectivity index (χ0n) is 12.1. The number of nitrogens with one attached hydrogen (secondary N) is 1. The van der Waals surface area contributed by atoms with Crippen molar-refractivity contribution in [1.82, 2.24) is 4.98 Å². The number of anilines is 2. The molecule has 1 unspecified atom stereocenters. The molecule has 7 heteroatoms. The lowest BCUT2D eigenvalue weighted by Crippen LogP contribution is -2.17. The van der Waals surface area contributed by atoms with Crippen LogP contribution in [-0.2, 0) is 0 Å². The Bertz CT molecular complexity index is 654. The minimum atomic E-state index is -0.275. The number of rotatable bonds is 4. The van der Waals surface area contributed by atoms with Crippen molar-refractivity contribution in [2.24, 2.45) is 5.73 Å². The molecule has 1 atom stereocenters. The molecule has 0 saturated heterocycles. The van der Waals surface area contributed by atoms with Gasteiger partial charge in [-0.25, -0.2) is 4.98 Å². The molecular weight excluding hydrogens is 308 g/mol. The Balaban J connectivity index is 2.24. The number of hydrogen-bond donors (Lipinski definition) is 2. The van der Waals surface area contributed by atoms with Crippen LogP contribution in [-0.4, -0.2) is 25.0 Å². The molecule has 0 bridgehead atoms. The summed E-state index contributed by atoms with van der Waals surface area (Å²) in [4.78, 5) is 18.4. The van der Waals surface area contributed by atoms with Crippen LogP contribution in [0.1, 0.15) is 28.5 Å². The summed E-state index contributed by atoms with van der Waals surface area (Å²) in [5.41, 5.74) is 7.63. The SMILES string of the molecule is CC(N)c1nc(C(=O)Nc2cc(Cl)ccc2N(C)C)cs1. The van der Waals surface area contributed by atoms with Gasteiger partial charge in [0.05, 0.1) is 17.4 Å². The maximum absolute atomic E-state index is 12.3. The van der Waals surface area contributed by atoms with E-state index in [1.807, 2.05) is 32.0 Å². The number of amides is 1. The number of thiazole rings is 1. The minimum Gasteiger partial charge on any atom is -0.376 e. The van der Waals surface area contributed by atoms with Crippen molar-refractivity contribution >= 4 is 40.2 Å². The molecule has 1 heterocycles. The molecule has 1 aromatic carbocycles. The van der Waals surface area contributed by atoms with Gasteiger partial charge in [0.2, 0.25) is 0 Å². The molecule has 0 fully saturated rings. The van der Waals surface area contributed by atoms with Crippen molar-refractivity contribution in [2.75, 3.05) is 24.3 Å². The van der Waals surface area contributed by atoms with Crippen molar-refractivity contribution in [3.8, 4) is 0 Å². The van der Waals surface area contributed by atoms with Crippen LogP contribution in [0.15, 0.2) is 23.6 Å². The Morgan fingerprint density at radius 2 is 2.19 bits per heavy atom. The molecule has 1 amide bonds. The van der Waals surface area contributed by atoms with Gasteiger partial charge in [-0.2, -0.15) is 0 Å². The lowest BCUT2D eigenvalue weighted by molar-refractivity contribution is 0.102. The van der Waals surface area contributed by atoms with Gasteiger partial charge in [-0.15, -0.1) is 11.3 Å². The van der Waals surface area contributed by atoms with E-state index in [0.717, 1.165) is 10.7 Å². The van der Waals surface area contributed by atoms with Crippen LogP contribution in [0.4, 0.5) is 11.4 Å². The normalized spacial score (nSPS) is 12.0. The highest BCUT2D eigenvalue weighted by atomic mass is 35.5. The molecule has 0 aliphatic heterocycles. The molecule has 0 aliphatic carbocycles. The first-order valence-corrected chi connectivity index (χ1v) is 7.63. The second kappa shape index (κ2) is 6.43. The summed E-state index contributed by atoms with van der Waals surface area (Å²) in [5, 5.41) is 5.84. The molecule has 3 N–H and O–H groups in total. The molecule has 21 heavy (non-hydrogen) atoms. The molecular formula is C14H17ClN4OS. The molecule has 0 radical (unpaired) electrons. The van der Waals surface area contributed by atoms with Crippen LogP contribution in [0.2, 0.25) is 5.02 Å². The third-order valence-electron chi connectivity index (χ3n) is 2.83. The fourth-order valence-corrected chi connectivity index (χ4v) is 2.72. The van der Waals surface area contributed by atoms with E-state index in [0.29, 0.717) is 16.4 Å². The molecule has 0 aliphatic rings. The van der Waals surface area contributed by atoms with Crippen molar-refractivity contribution in [3.05, 3.63) is 39.3 Å². The van der Waals surface area contributed by atoms with Crippen LogP contribution in [0.5, 0.6) is 0 Å². The average molecular weight is 325 g/mol. The zero-order valence-corrected chi connectivity index (χ0v) is 13.6. The van der Waals surface area contributed by atoms with Crippen LogP contribution < -0.4 is 16.0 Å². The number of carbonyl (C=O) groups excluding carboxylic acids is 1. The number of halogens is 1. The first kappa shape index (κ1) is 15.8. The van der Waals surface area contributed by atoms with Crippen LogP contribution in [0.3, 0.4) is 0 Å². The van der Waals surface area contributed by atoms with Gasteiger partial charge in [0.25, 0.3) is 5.91 Å². The van der Waals surface area contributed by atoms with E-state index in [-0.39, 0.29) is 11.9 Å². The zero-order chi connectivity index (χ0) is 15.6. The maximum atomic E-state index is 12.3. The van der Waals surface area contributed by atoms with E-state index in [2.05, 4.69) is 10.3 Å². The predicted molar refractivity (Wildman–Crippen MR) is 88.4 cm³/mol. The predicted octanol–water partition coefficient (Wildman–Crippen LogP) is 3.13. The average Bonchev–Trinajstić information content (AvgIpc) is 2.88. The molecule has 0 saturated carbocycles. The number of hydrogen-bond acceptors (Lipinski definition) is 5. The first-order chi connectivity index (χ1) is 9.88. The van der Waals surface area contributed by atoms with E-state index in [4.69, 9.17) is 17.3 Å². The molecule has 0 spiro atoms. The van der Waals surface area contributed by atoms with Gasteiger partial charge in [0, 0.05) is 24.5 Å². The minimum absolute atomic E-state index is 0.181. The van der Waals surface area contributed by atoms with Gasteiger partial charge in [-0.1, -0.05) is 11.6 Å². The number of nitrogens with zero attached hydrogens (tertiary/aromatic N) is 2. The summed E-state index contributed by atoms with van der Waals surface area (Å²) in [6.45, 7) is 1.83. The van der Waals surface area contributed by atoms with Crippen LogP contribution in [0, 0.1) is 0 Å². The van der Waals surface area contributed by atoms with Gasteiger partial charge in [-0.05, 0) is 25.1 Å². The van der Waals surface area contributed by atoms with Gasteiger partial charge < -0.3 is 16.0 Å². The van der Waals surface area contributed by atoms with Crippen molar-refractivity contribution in [3.63, 3.8) is 0 Å². The van der Waals surface area contributed by atoms with E-state index in [9.17, 15) is 4.79 Å². The number of benzene rings is 1. The Morgan fingerprint density at radius 3 is 2.76 bits per heavy atom. The molecule has 5 nitrogen and oxygen atoms in total. The summed E-state index contributed by atoms with van der Waals surface area (Å²) in [6.07, 6.45) is 0. The smallest absolute Gasteiger partial charge is 0.275 e. The van der Waals surface area contributed by atoms with Gasteiger partial charge in [0.1, 0.15) is 10.7 Å². The molecule has 1 aromatic heterocycles. The molecule has 2 aromatic rings. The fourth-order valence-electron chi connectivity index (χ4n) is 1.79. The number of carbonyl (C=O) groups is 1. The highest BCUT2D eigenvalue weighted by Crippen LogP contribution is 2.28. The third-order valence-corrected chi connectivity index (χ3v) is 4.11. The first-order valence-electron chi connectivity index (χ1n) is 6.37. The quantitative estimate of drug-likeness (QED) is 0.906. The summed E-state index contributed by atoms with van der Waals surface area (Å²) in [7, 11) is 3.80. The van der Waals surface area contributed by atoms with E-state index >= 15 is 0 Å². The van der Waals surface area contributed by atoms with Gasteiger partial charge in [0.15, 0.2) is 0 Å². The summed E-state index contributed by atoms with van der Waals surface area (Å²) >= 11 is 7.37. The summed E-state index contributed by atoms with van der Waals surface area (Å²) < 4.78 is 0. The Kier molecular flexibility index (Phi) is 4.82. The largest absolute Gasteiger partial charge is 0.376 e. The van der Waals surface area contributed by atoms with Crippen LogP contribution >= 0.6 is 22.9 Å². The topological polar surface area (TPSA) is 71.2 Å². The number of aromatic nitrogens is 1. The summed E-state index contributed by atoms with van der Waals surface area (Å²) in [6, 6.07) is 5.17. The van der Waals surface area contributed by atoms with Crippen molar-refractivity contribution in [1.29, 1.82) is 0 Å². The monoisotopic (exact) mass is 324 g/mol. The lowest BCUT2D eigenvalue weighted by atomic mass is 10.2. The second-order valence-corrected chi connectivity index (χ2v) is 6.20. The maximum Gasteiger partial charge on any atom is 0.275 e. The third kappa shape index (κ3) is 3.72. The highest BCUT2D eigenvalue weighted by molar-refractivity contribution is 7.09. The van der Waals surface area contributed by atoms with Gasteiger partial charge in [-0.3, -0.25) is 4.79 Å². The standard InChI is InChI=1S/C14H17ClN4OS/c1-8(16)14-18-11(7-21-14)13(20)17-10-6-9(15)4-5-12(10)19(2)3/h4-8H,16H2,1-3H3,(H,17,20). The Labute approximate surface area is 132 Å². The van der Waals surface area contributed by atoms with E-state index in [1.54, 1.807) is 17.5 Å². The lowest BCUT2D eigenvalue weighted by Gasteiger charge is -2.17. The van der Waals surface area contributed by atoms with E-state index < -0.39 is 0 Å². The fraction of sp³-hybridized carbons (Fsp3) is 0.286. The molecule has 2 rings (SSSR count). The highest BCUT2D eigenvalue weighted by Gasteiger charge is 2.15. The Hall–Kier alpha value is -1.63. The van der Waals surface area contributed by atoms with Gasteiger partial charge >= 0.3 is 0 Å². The van der Waals surface area contributed by atoms with Crippen LogP contribution in [0.25, 0.3) is 0 Å². The van der Waals surface area contributed by atoms with Crippen molar-refractivity contribution in [2.45, 2.75) is 13.0 Å². The Morgan fingerprint density at radius 1 is 1.48 bits per heavy atom. The molecule has 112 valence electrons. The van der Waals surface area contributed by atoms with Crippen molar-refractivity contribution < 1.29 is 4.79 Å². The second-order valence-electron chi connectivity index (χ2n) is 4.87. The van der Waals surface area contributed by atoms with E-state index in [1.165, 1.54) is 11.3 Å². The number of nitrogens with two attached hydrogens (primary N) is 1.